The van der Waals surface area contributed by atoms with Crippen molar-refractivity contribution in [3.8, 4) is 0 Å². The van der Waals surface area contributed by atoms with Crippen LogP contribution >= 0.6 is 0 Å². The summed E-state index contributed by atoms with van der Waals surface area (Å²) in [5.41, 5.74) is 1.46. The lowest BCUT2D eigenvalue weighted by Crippen LogP contribution is -1.87. The van der Waals surface area contributed by atoms with Gasteiger partial charge in [0, 0.05) is 0 Å². The molecule has 0 bridgehead atoms. The highest BCUT2D eigenvalue weighted by molar-refractivity contribution is 5.16. The van der Waals surface area contributed by atoms with Gasteiger partial charge in [0.05, 0.1) is 0 Å². The van der Waals surface area contributed by atoms with Crippen LogP contribution in [0, 0.1) is 5.92 Å². The summed E-state index contributed by atoms with van der Waals surface area (Å²) in [6.07, 6.45) is 9.02. The second-order valence-corrected chi connectivity index (χ2v) is 3.30. The van der Waals surface area contributed by atoms with Crippen LogP contribution in [0.4, 0.5) is 0 Å². The molecule has 78 valence electrons. The Balaban J connectivity index is 0. The van der Waals surface area contributed by atoms with E-state index in [-0.39, 0.29) is 0 Å². The molecule has 0 N–H and O–H groups in total. The molecule has 0 fully saturated rings. The lowest BCUT2D eigenvalue weighted by atomic mass is 10.0. The van der Waals surface area contributed by atoms with E-state index in [2.05, 4.69) is 45.9 Å². The van der Waals surface area contributed by atoms with Gasteiger partial charge in [-0.1, -0.05) is 51.5 Å². The minimum atomic E-state index is 0.815. The fourth-order valence-corrected chi connectivity index (χ4v) is 0.993. The van der Waals surface area contributed by atoms with Crippen LogP contribution in [0.5, 0.6) is 0 Å². The van der Waals surface area contributed by atoms with E-state index in [1.54, 1.807) is 0 Å². The lowest BCUT2D eigenvalue weighted by molar-refractivity contribution is 0.588. The standard InChI is InChI=1S/C11H20.C2H6/c1-5-7-11(6-2)9-8-10(3)4;1-2/h5-7,10H,8-9H2,1-4H3;1-2H3/b7-5-,11-6+;. The summed E-state index contributed by atoms with van der Waals surface area (Å²) in [6.45, 7) is 12.7. The second-order valence-electron chi connectivity index (χ2n) is 3.30. The van der Waals surface area contributed by atoms with Crippen molar-refractivity contribution in [2.45, 2.75) is 54.4 Å². The van der Waals surface area contributed by atoms with E-state index in [0.717, 1.165) is 5.92 Å². The molecule has 0 aromatic rings. The highest BCUT2D eigenvalue weighted by Crippen LogP contribution is 2.12. The fraction of sp³-hybridized carbons (Fsp3) is 0.692. The Hall–Kier alpha value is -0.520. The number of rotatable bonds is 4. The average molecular weight is 182 g/mol. The van der Waals surface area contributed by atoms with Gasteiger partial charge in [0.2, 0.25) is 0 Å². The molecule has 0 saturated heterocycles. The Bertz CT molecular complexity index is 138. The first kappa shape index (κ1) is 15.0. The quantitative estimate of drug-likeness (QED) is 0.538. The summed E-state index contributed by atoms with van der Waals surface area (Å²) in [5.74, 6) is 0.815. The van der Waals surface area contributed by atoms with Crippen molar-refractivity contribution in [1.82, 2.24) is 0 Å². The van der Waals surface area contributed by atoms with E-state index >= 15 is 0 Å². The van der Waals surface area contributed by atoms with Gasteiger partial charge in [-0.15, -0.1) is 0 Å². The maximum Gasteiger partial charge on any atom is -0.0280 e. The van der Waals surface area contributed by atoms with Gasteiger partial charge >= 0.3 is 0 Å². The topological polar surface area (TPSA) is 0 Å². The predicted octanol–water partition coefficient (Wildman–Crippen LogP) is 4.97. The van der Waals surface area contributed by atoms with Crippen LogP contribution in [0.15, 0.2) is 23.8 Å². The van der Waals surface area contributed by atoms with E-state index in [4.69, 9.17) is 0 Å². The summed E-state index contributed by atoms with van der Waals surface area (Å²) >= 11 is 0. The van der Waals surface area contributed by atoms with Crippen molar-refractivity contribution >= 4 is 0 Å². The highest BCUT2D eigenvalue weighted by atomic mass is 14.0. The zero-order chi connectivity index (χ0) is 10.7. The molecule has 0 atom stereocenters. The van der Waals surface area contributed by atoms with E-state index in [1.165, 1.54) is 18.4 Å². The molecule has 0 aromatic carbocycles. The summed E-state index contributed by atoms with van der Waals surface area (Å²) in [4.78, 5) is 0. The van der Waals surface area contributed by atoms with Crippen molar-refractivity contribution in [3.05, 3.63) is 23.8 Å². The van der Waals surface area contributed by atoms with Crippen LogP contribution in [-0.2, 0) is 0 Å². The highest BCUT2D eigenvalue weighted by Gasteiger charge is 1.94. The van der Waals surface area contributed by atoms with Crippen LogP contribution in [0.1, 0.15) is 54.4 Å². The van der Waals surface area contributed by atoms with Crippen LogP contribution in [0.3, 0.4) is 0 Å². The van der Waals surface area contributed by atoms with Crippen LogP contribution in [0.2, 0.25) is 0 Å². The van der Waals surface area contributed by atoms with Gasteiger partial charge in [-0.05, 0) is 32.6 Å². The molecule has 13 heavy (non-hydrogen) atoms. The Morgan fingerprint density at radius 2 is 1.69 bits per heavy atom. The second kappa shape index (κ2) is 11.5. The van der Waals surface area contributed by atoms with Gasteiger partial charge in [-0.2, -0.15) is 0 Å². The Morgan fingerprint density at radius 1 is 1.15 bits per heavy atom. The zero-order valence-electron chi connectivity index (χ0n) is 10.2. The first-order valence-electron chi connectivity index (χ1n) is 5.48. The SMILES string of the molecule is C/C=C\C(=C/C)CCC(C)C.CC. The molecule has 0 aromatic heterocycles. The van der Waals surface area contributed by atoms with E-state index in [0.29, 0.717) is 0 Å². The van der Waals surface area contributed by atoms with Crippen molar-refractivity contribution < 1.29 is 0 Å². The molecule has 0 nitrogen and oxygen atoms in total. The third kappa shape index (κ3) is 11.5. The average Bonchev–Trinajstić information content (AvgIpc) is 2.15. The Labute approximate surface area is 84.7 Å². The van der Waals surface area contributed by atoms with Crippen LogP contribution in [0.25, 0.3) is 0 Å². The molecular formula is C13H26. The fourth-order valence-electron chi connectivity index (χ4n) is 0.993. The lowest BCUT2D eigenvalue weighted by Gasteiger charge is -2.04. The van der Waals surface area contributed by atoms with Gasteiger partial charge in [0.25, 0.3) is 0 Å². The number of hydrogen-bond acceptors (Lipinski definition) is 0. The van der Waals surface area contributed by atoms with E-state index < -0.39 is 0 Å². The third-order valence-electron chi connectivity index (χ3n) is 1.76. The van der Waals surface area contributed by atoms with Gasteiger partial charge in [-0.25, -0.2) is 0 Å². The van der Waals surface area contributed by atoms with Crippen molar-refractivity contribution in [3.63, 3.8) is 0 Å². The van der Waals surface area contributed by atoms with Gasteiger partial charge < -0.3 is 0 Å². The first-order valence-corrected chi connectivity index (χ1v) is 5.48. The molecule has 0 spiro atoms. The summed E-state index contributed by atoms with van der Waals surface area (Å²) in [7, 11) is 0. The molecule has 0 aliphatic rings. The minimum absolute atomic E-state index is 0.815. The predicted molar refractivity (Wildman–Crippen MR) is 64.0 cm³/mol. The summed E-state index contributed by atoms with van der Waals surface area (Å²) in [5, 5.41) is 0. The normalized spacial score (nSPS) is 11.8. The maximum absolute atomic E-state index is 2.27. The molecule has 0 saturated carbocycles. The number of hydrogen-bond donors (Lipinski definition) is 0. The Kier molecular flexibility index (Phi) is 13.2. The summed E-state index contributed by atoms with van der Waals surface area (Å²) in [6, 6.07) is 0. The third-order valence-corrected chi connectivity index (χ3v) is 1.76. The van der Waals surface area contributed by atoms with Gasteiger partial charge in [0.15, 0.2) is 0 Å². The molecule has 0 unspecified atom stereocenters. The number of allylic oxidation sites excluding steroid dienone is 4. The van der Waals surface area contributed by atoms with Gasteiger partial charge in [-0.3, -0.25) is 0 Å². The Morgan fingerprint density at radius 3 is 2.00 bits per heavy atom. The minimum Gasteiger partial charge on any atom is -0.0874 e. The molecule has 0 rings (SSSR count). The van der Waals surface area contributed by atoms with Gasteiger partial charge in [0.1, 0.15) is 0 Å². The molecule has 0 aliphatic heterocycles. The largest absolute Gasteiger partial charge is 0.0874 e. The monoisotopic (exact) mass is 182 g/mol. The zero-order valence-corrected chi connectivity index (χ0v) is 10.2. The van der Waals surface area contributed by atoms with Crippen molar-refractivity contribution in [2.75, 3.05) is 0 Å². The van der Waals surface area contributed by atoms with Crippen molar-refractivity contribution in [2.24, 2.45) is 5.92 Å². The summed E-state index contributed by atoms with van der Waals surface area (Å²) < 4.78 is 0. The molecular weight excluding hydrogens is 156 g/mol. The first-order chi connectivity index (χ1) is 6.20. The van der Waals surface area contributed by atoms with E-state index in [9.17, 15) is 0 Å². The molecule has 0 radical (unpaired) electrons. The van der Waals surface area contributed by atoms with E-state index in [1.807, 2.05) is 13.8 Å². The van der Waals surface area contributed by atoms with Crippen molar-refractivity contribution in [1.29, 1.82) is 0 Å². The van der Waals surface area contributed by atoms with Crippen LogP contribution in [-0.4, -0.2) is 0 Å². The molecule has 0 amide bonds. The smallest absolute Gasteiger partial charge is 0.0280 e. The molecule has 0 heterocycles. The molecule has 0 heteroatoms. The molecule has 0 aliphatic carbocycles. The maximum atomic E-state index is 2.27. The van der Waals surface area contributed by atoms with Crippen LogP contribution < -0.4 is 0 Å².